The zero-order valence-electron chi connectivity index (χ0n) is 11.3. The van der Waals surface area contributed by atoms with Crippen LogP contribution in [0, 0.1) is 6.92 Å². The molecule has 0 saturated heterocycles. The molecule has 0 atom stereocenters. The van der Waals surface area contributed by atoms with Gasteiger partial charge < -0.3 is 15.6 Å². The number of nitrogen functional groups attached to an aromatic ring is 1. The Balaban J connectivity index is 2.28. The molecule has 0 aromatic carbocycles. The van der Waals surface area contributed by atoms with Gasteiger partial charge in [-0.25, -0.2) is 0 Å². The summed E-state index contributed by atoms with van der Waals surface area (Å²) < 4.78 is 1.86. The minimum Gasteiger partial charge on any atom is -0.397 e. The van der Waals surface area contributed by atoms with Crippen molar-refractivity contribution in [2.24, 2.45) is 0 Å². The summed E-state index contributed by atoms with van der Waals surface area (Å²) in [5, 5.41) is 2.86. The number of hydrogen-bond acceptors (Lipinski definition) is 3. The molecule has 2 heterocycles. The summed E-state index contributed by atoms with van der Waals surface area (Å²) in [4.78, 5) is 16.4. The van der Waals surface area contributed by atoms with Crippen LogP contribution < -0.4 is 11.1 Å². The van der Waals surface area contributed by atoms with Gasteiger partial charge >= 0.3 is 0 Å². The first-order chi connectivity index (χ1) is 8.99. The number of anilines is 2. The lowest BCUT2D eigenvalue weighted by Crippen LogP contribution is -2.18. The molecule has 0 spiro atoms. The minimum absolute atomic E-state index is 0.174. The maximum atomic E-state index is 12.3. The predicted octanol–water partition coefficient (Wildman–Crippen LogP) is 2.61. The quantitative estimate of drug-likeness (QED) is 0.888. The van der Waals surface area contributed by atoms with Crippen molar-refractivity contribution in [3.63, 3.8) is 0 Å². The van der Waals surface area contributed by atoms with Crippen molar-refractivity contribution in [1.82, 2.24) is 9.55 Å². The monoisotopic (exact) mass is 258 g/mol. The Morgan fingerprint density at radius 2 is 2.21 bits per heavy atom. The van der Waals surface area contributed by atoms with Gasteiger partial charge in [0.05, 0.1) is 17.1 Å². The molecule has 1 amide bonds. The van der Waals surface area contributed by atoms with Crippen molar-refractivity contribution in [3.8, 4) is 0 Å². The van der Waals surface area contributed by atoms with E-state index in [-0.39, 0.29) is 11.9 Å². The van der Waals surface area contributed by atoms with Crippen molar-refractivity contribution in [2.75, 3.05) is 11.1 Å². The van der Waals surface area contributed by atoms with Gasteiger partial charge in [-0.1, -0.05) is 0 Å². The molecule has 2 aromatic heterocycles. The number of carbonyl (C=O) groups is 1. The van der Waals surface area contributed by atoms with Gasteiger partial charge in [-0.15, -0.1) is 0 Å². The molecule has 19 heavy (non-hydrogen) atoms. The maximum Gasteiger partial charge on any atom is 0.272 e. The van der Waals surface area contributed by atoms with Gasteiger partial charge in [0.1, 0.15) is 5.69 Å². The van der Waals surface area contributed by atoms with Crippen molar-refractivity contribution in [3.05, 3.63) is 42.0 Å². The Bertz CT molecular complexity index is 601. The summed E-state index contributed by atoms with van der Waals surface area (Å²) in [7, 11) is 0. The number of pyridine rings is 1. The molecule has 2 aromatic rings. The van der Waals surface area contributed by atoms with Gasteiger partial charge in [-0.3, -0.25) is 9.78 Å². The first kappa shape index (κ1) is 13.1. The number of rotatable bonds is 3. The van der Waals surface area contributed by atoms with E-state index in [2.05, 4.69) is 10.3 Å². The highest BCUT2D eigenvalue weighted by atomic mass is 16.2. The first-order valence-electron chi connectivity index (χ1n) is 6.19. The van der Waals surface area contributed by atoms with Crippen molar-refractivity contribution >= 4 is 17.3 Å². The lowest BCUT2D eigenvalue weighted by molar-refractivity contribution is 0.101. The molecule has 100 valence electrons. The highest BCUT2D eigenvalue weighted by molar-refractivity contribution is 6.04. The molecular weight excluding hydrogens is 240 g/mol. The number of carbonyl (C=O) groups excluding carboxylic acids is 1. The molecule has 0 aliphatic carbocycles. The normalized spacial score (nSPS) is 10.7. The molecule has 0 fully saturated rings. The number of hydrogen-bond donors (Lipinski definition) is 2. The van der Waals surface area contributed by atoms with E-state index in [0.717, 1.165) is 5.69 Å². The minimum atomic E-state index is -0.179. The van der Waals surface area contributed by atoms with Crippen LogP contribution in [0.15, 0.2) is 30.6 Å². The summed E-state index contributed by atoms with van der Waals surface area (Å²) in [6.45, 7) is 5.86. The second kappa shape index (κ2) is 5.14. The summed E-state index contributed by atoms with van der Waals surface area (Å²) in [5.74, 6) is -0.179. The Labute approximate surface area is 112 Å². The van der Waals surface area contributed by atoms with Crippen molar-refractivity contribution in [2.45, 2.75) is 26.8 Å². The summed E-state index contributed by atoms with van der Waals surface area (Å²) in [5.41, 5.74) is 8.40. The average Bonchev–Trinajstić information content (AvgIpc) is 2.74. The van der Waals surface area contributed by atoms with Gasteiger partial charge in [0, 0.05) is 18.4 Å². The van der Waals surface area contributed by atoms with Gasteiger partial charge in [0.2, 0.25) is 0 Å². The highest BCUT2D eigenvalue weighted by Crippen LogP contribution is 2.19. The number of nitrogens with two attached hydrogens (primary N) is 1. The molecule has 3 N–H and O–H groups in total. The summed E-state index contributed by atoms with van der Waals surface area (Å²) in [6, 6.07) is 5.47. The number of aryl methyl sites for hydroxylation is 1. The lowest BCUT2D eigenvalue weighted by atomic mass is 10.3. The molecular formula is C14H18N4O. The molecule has 5 nitrogen and oxygen atoms in total. The van der Waals surface area contributed by atoms with Gasteiger partial charge in [-0.05, 0) is 39.0 Å². The third-order valence-corrected chi connectivity index (χ3v) is 2.91. The third-order valence-electron chi connectivity index (χ3n) is 2.91. The van der Waals surface area contributed by atoms with Crippen LogP contribution in [0.5, 0.6) is 0 Å². The second-order valence-corrected chi connectivity index (χ2v) is 4.75. The smallest absolute Gasteiger partial charge is 0.272 e. The van der Waals surface area contributed by atoms with E-state index in [0.29, 0.717) is 17.1 Å². The fourth-order valence-corrected chi connectivity index (χ4v) is 1.91. The average molecular weight is 258 g/mol. The van der Waals surface area contributed by atoms with Crippen LogP contribution in [-0.4, -0.2) is 15.5 Å². The van der Waals surface area contributed by atoms with Crippen molar-refractivity contribution in [1.29, 1.82) is 0 Å². The zero-order chi connectivity index (χ0) is 14.0. The van der Waals surface area contributed by atoms with E-state index >= 15 is 0 Å². The first-order valence-corrected chi connectivity index (χ1v) is 6.19. The Morgan fingerprint density at radius 3 is 2.84 bits per heavy atom. The fourth-order valence-electron chi connectivity index (χ4n) is 1.91. The van der Waals surface area contributed by atoms with Gasteiger partial charge in [0.15, 0.2) is 0 Å². The van der Waals surface area contributed by atoms with E-state index in [4.69, 9.17) is 5.73 Å². The Morgan fingerprint density at radius 1 is 1.47 bits per heavy atom. The third kappa shape index (κ3) is 2.76. The predicted molar refractivity (Wildman–Crippen MR) is 76.2 cm³/mol. The van der Waals surface area contributed by atoms with E-state index in [1.54, 1.807) is 24.5 Å². The molecule has 0 saturated carbocycles. The highest BCUT2D eigenvalue weighted by Gasteiger charge is 2.15. The number of aromatic nitrogens is 2. The molecule has 2 rings (SSSR count). The molecule has 0 radical (unpaired) electrons. The summed E-state index contributed by atoms with van der Waals surface area (Å²) >= 11 is 0. The van der Waals surface area contributed by atoms with Crippen LogP contribution in [0.3, 0.4) is 0 Å². The Kier molecular flexibility index (Phi) is 3.55. The van der Waals surface area contributed by atoms with Crippen LogP contribution in [-0.2, 0) is 0 Å². The van der Waals surface area contributed by atoms with Gasteiger partial charge in [0.25, 0.3) is 5.91 Å². The van der Waals surface area contributed by atoms with E-state index < -0.39 is 0 Å². The van der Waals surface area contributed by atoms with Crippen LogP contribution in [0.25, 0.3) is 0 Å². The van der Waals surface area contributed by atoms with E-state index in [1.165, 1.54) is 0 Å². The summed E-state index contributed by atoms with van der Waals surface area (Å²) in [6.07, 6.45) is 3.47. The maximum absolute atomic E-state index is 12.3. The van der Waals surface area contributed by atoms with Crippen LogP contribution in [0.2, 0.25) is 0 Å². The fraction of sp³-hybridized carbons (Fsp3) is 0.286. The topological polar surface area (TPSA) is 72.9 Å². The SMILES string of the molecule is Cc1ncccc1NC(=O)c1cc(N)cn1C(C)C. The molecule has 0 aliphatic heterocycles. The standard InChI is InChI=1S/C14H18N4O/c1-9(2)18-8-11(15)7-13(18)14(19)17-12-5-4-6-16-10(12)3/h4-9H,15H2,1-3H3,(H,17,19). The lowest BCUT2D eigenvalue weighted by Gasteiger charge is -2.13. The Hall–Kier alpha value is -2.30. The number of amides is 1. The molecule has 5 heteroatoms. The van der Waals surface area contributed by atoms with E-state index in [1.807, 2.05) is 31.4 Å². The second-order valence-electron chi connectivity index (χ2n) is 4.75. The largest absolute Gasteiger partial charge is 0.397 e. The van der Waals surface area contributed by atoms with E-state index in [9.17, 15) is 4.79 Å². The number of nitrogens with one attached hydrogen (secondary N) is 1. The van der Waals surface area contributed by atoms with Crippen LogP contribution >= 0.6 is 0 Å². The van der Waals surface area contributed by atoms with Gasteiger partial charge in [-0.2, -0.15) is 0 Å². The van der Waals surface area contributed by atoms with Crippen LogP contribution in [0.4, 0.5) is 11.4 Å². The van der Waals surface area contributed by atoms with Crippen molar-refractivity contribution < 1.29 is 4.79 Å². The molecule has 0 aliphatic rings. The molecule has 0 unspecified atom stereocenters. The number of nitrogens with zero attached hydrogens (tertiary/aromatic N) is 2. The zero-order valence-corrected chi connectivity index (χ0v) is 11.3. The molecule has 0 bridgehead atoms. The van der Waals surface area contributed by atoms with Crippen LogP contribution in [0.1, 0.15) is 36.1 Å².